The van der Waals surface area contributed by atoms with E-state index in [2.05, 4.69) is 28.9 Å². The summed E-state index contributed by atoms with van der Waals surface area (Å²) in [7, 11) is 0. The van der Waals surface area contributed by atoms with Crippen LogP contribution in [0.25, 0.3) is 0 Å². The molecule has 17 heavy (non-hydrogen) atoms. The molecule has 1 aliphatic carbocycles. The molecule has 2 aliphatic rings. The molecule has 0 bridgehead atoms. The number of hydrogen-bond donors (Lipinski definition) is 0. The Morgan fingerprint density at radius 3 is 2.65 bits per heavy atom. The van der Waals surface area contributed by atoms with Crippen LogP contribution in [0, 0.1) is 0 Å². The Bertz CT molecular complexity index is 384. The van der Waals surface area contributed by atoms with Gasteiger partial charge in [0.15, 0.2) is 5.82 Å². The van der Waals surface area contributed by atoms with Gasteiger partial charge in [-0.05, 0) is 32.2 Å². The molecule has 2 fully saturated rings. The first-order valence-electron chi connectivity index (χ1n) is 6.85. The maximum Gasteiger partial charge on any atom is 0.244 e. The molecule has 3 rings (SSSR count). The number of aromatic nitrogens is 2. The van der Waals surface area contributed by atoms with E-state index in [9.17, 15) is 0 Å². The quantitative estimate of drug-likeness (QED) is 0.808. The molecule has 4 nitrogen and oxygen atoms in total. The minimum atomic E-state index is 0.353. The molecule has 0 amide bonds. The van der Waals surface area contributed by atoms with Gasteiger partial charge in [-0.15, -0.1) is 0 Å². The first-order chi connectivity index (χ1) is 8.25. The maximum absolute atomic E-state index is 5.46. The van der Waals surface area contributed by atoms with Crippen LogP contribution < -0.4 is 0 Å². The third-order valence-electron chi connectivity index (χ3n) is 4.10. The van der Waals surface area contributed by atoms with Crippen LogP contribution in [0.1, 0.15) is 69.6 Å². The van der Waals surface area contributed by atoms with Gasteiger partial charge in [-0.1, -0.05) is 25.4 Å². The van der Waals surface area contributed by atoms with Crippen molar-refractivity contribution >= 4 is 0 Å². The van der Waals surface area contributed by atoms with Crippen molar-refractivity contribution in [3.05, 3.63) is 11.7 Å². The summed E-state index contributed by atoms with van der Waals surface area (Å²) in [6, 6.07) is 1.16. The van der Waals surface area contributed by atoms with Crippen molar-refractivity contribution in [1.82, 2.24) is 15.0 Å². The molecule has 1 saturated heterocycles. The molecule has 0 radical (unpaired) electrons. The van der Waals surface area contributed by atoms with E-state index < -0.39 is 0 Å². The Balaban J connectivity index is 1.76. The maximum atomic E-state index is 5.46. The zero-order chi connectivity index (χ0) is 11.8. The predicted octanol–water partition coefficient (Wildman–Crippen LogP) is 2.88. The normalized spacial score (nSPS) is 26.6. The zero-order valence-electron chi connectivity index (χ0n) is 10.7. The van der Waals surface area contributed by atoms with E-state index in [1.807, 2.05) is 0 Å². The largest absolute Gasteiger partial charge is 0.338 e. The fraction of sp³-hybridized carbons (Fsp3) is 0.846. The van der Waals surface area contributed by atoms with Crippen LogP contribution in [0.5, 0.6) is 0 Å². The Kier molecular flexibility index (Phi) is 2.90. The molecule has 0 spiro atoms. The molecule has 94 valence electrons. The molecule has 0 aromatic carbocycles. The highest BCUT2D eigenvalue weighted by Gasteiger charge is 2.37. The second-order valence-electron chi connectivity index (χ2n) is 5.63. The number of hydrogen-bond acceptors (Lipinski definition) is 4. The van der Waals surface area contributed by atoms with Crippen molar-refractivity contribution < 1.29 is 4.52 Å². The topological polar surface area (TPSA) is 42.2 Å². The smallest absolute Gasteiger partial charge is 0.244 e. The molecule has 1 saturated carbocycles. The Morgan fingerprint density at radius 2 is 2.06 bits per heavy atom. The zero-order valence-corrected chi connectivity index (χ0v) is 10.7. The van der Waals surface area contributed by atoms with Crippen molar-refractivity contribution in [1.29, 1.82) is 0 Å². The summed E-state index contributed by atoms with van der Waals surface area (Å²) in [5, 5.41) is 4.09. The minimum Gasteiger partial charge on any atom is -0.338 e. The number of rotatable bonds is 3. The van der Waals surface area contributed by atoms with Crippen LogP contribution in [0.2, 0.25) is 0 Å². The van der Waals surface area contributed by atoms with E-state index in [1.54, 1.807) is 0 Å². The third kappa shape index (κ3) is 1.99. The van der Waals surface area contributed by atoms with Crippen LogP contribution in [0.4, 0.5) is 0 Å². The van der Waals surface area contributed by atoms with Gasteiger partial charge in [0, 0.05) is 12.0 Å². The summed E-state index contributed by atoms with van der Waals surface area (Å²) in [5.74, 6) is 2.05. The van der Waals surface area contributed by atoms with Gasteiger partial charge < -0.3 is 4.52 Å². The fourth-order valence-electron chi connectivity index (χ4n) is 2.83. The standard InChI is InChI=1S/C13H21N3O/c1-9(2)12-14-13(17-15-12)11-7-4-8-16(11)10-5-3-6-10/h9-11H,3-8H2,1-2H3. The summed E-state index contributed by atoms with van der Waals surface area (Å²) in [6.45, 7) is 5.41. The van der Waals surface area contributed by atoms with Crippen LogP contribution in [0.15, 0.2) is 4.52 Å². The molecule has 1 unspecified atom stereocenters. The lowest BCUT2D eigenvalue weighted by molar-refractivity contribution is 0.0966. The lowest BCUT2D eigenvalue weighted by Gasteiger charge is -2.37. The molecule has 2 heterocycles. The summed E-state index contributed by atoms with van der Waals surface area (Å²) < 4.78 is 5.46. The van der Waals surface area contributed by atoms with Crippen molar-refractivity contribution in [2.45, 2.75) is 64.0 Å². The van der Waals surface area contributed by atoms with Gasteiger partial charge in [-0.3, -0.25) is 4.90 Å². The van der Waals surface area contributed by atoms with E-state index in [-0.39, 0.29) is 0 Å². The van der Waals surface area contributed by atoms with E-state index in [0.717, 1.165) is 17.8 Å². The average molecular weight is 235 g/mol. The van der Waals surface area contributed by atoms with Crippen LogP contribution in [-0.4, -0.2) is 27.6 Å². The lowest BCUT2D eigenvalue weighted by atomic mass is 9.91. The summed E-state index contributed by atoms with van der Waals surface area (Å²) in [6.07, 6.45) is 6.52. The van der Waals surface area contributed by atoms with Gasteiger partial charge in [-0.2, -0.15) is 4.98 Å². The first-order valence-corrected chi connectivity index (χ1v) is 6.85. The van der Waals surface area contributed by atoms with Gasteiger partial charge in [0.05, 0.1) is 6.04 Å². The predicted molar refractivity (Wildman–Crippen MR) is 64.7 cm³/mol. The molecular weight excluding hydrogens is 214 g/mol. The second-order valence-corrected chi connectivity index (χ2v) is 5.63. The number of nitrogens with zero attached hydrogens (tertiary/aromatic N) is 3. The minimum absolute atomic E-state index is 0.353. The van der Waals surface area contributed by atoms with Gasteiger partial charge in [-0.25, -0.2) is 0 Å². The molecule has 1 aromatic rings. The molecule has 4 heteroatoms. The lowest BCUT2D eigenvalue weighted by Crippen LogP contribution is -2.39. The van der Waals surface area contributed by atoms with E-state index in [4.69, 9.17) is 4.52 Å². The molecule has 1 aromatic heterocycles. The molecule has 0 N–H and O–H groups in total. The molecular formula is C13H21N3O. The Morgan fingerprint density at radius 1 is 1.24 bits per heavy atom. The van der Waals surface area contributed by atoms with Crippen molar-refractivity contribution in [3.63, 3.8) is 0 Å². The van der Waals surface area contributed by atoms with Gasteiger partial charge in [0.1, 0.15) is 0 Å². The fourth-order valence-corrected chi connectivity index (χ4v) is 2.83. The summed E-state index contributed by atoms with van der Waals surface area (Å²) in [5.41, 5.74) is 0. The average Bonchev–Trinajstić information content (AvgIpc) is 2.80. The highest BCUT2D eigenvalue weighted by Crippen LogP contribution is 2.38. The van der Waals surface area contributed by atoms with Crippen LogP contribution in [-0.2, 0) is 0 Å². The van der Waals surface area contributed by atoms with Gasteiger partial charge in [0.25, 0.3) is 0 Å². The van der Waals surface area contributed by atoms with Crippen molar-refractivity contribution in [3.8, 4) is 0 Å². The summed E-state index contributed by atoms with van der Waals surface area (Å²) >= 11 is 0. The first kappa shape index (κ1) is 11.2. The molecule has 1 atom stereocenters. The van der Waals surface area contributed by atoms with E-state index in [1.165, 1.54) is 38.6 Å². The number of likely N-dealkylation sites (tertiary alicyclic amines) is 1. The molecule has 1 aliphatic heterocycles. The van der Waals surface area contributed by atoms with Crippen LogP contribution in [0.3, 0.4) is 0 Å². The second kappa shape index (κ2) is 4.41. The highest BCUT2D eigenvalue weighted by molar-refractivity contribution is 5.01. The van der Waals surface area contributed by atoms with Crippen LogP contribution >= 0.6 is 0 Å². The third-order valence-corrected chi connectivity index (χ3v) is 4.10. The highest BCUT2D eigenvalue weighted by atomic mass is 16.5. The van der Waals surface area contributed by atoms with Gasteiger partial charge in [0.2, 0.25) is 5.89 Å². The SMILES string of the molecule is CC(C)c1noc(C2CCCN2C2CCC2)n1. The summed E-state index contributed by atoms with van der Waals surface area (Å²) in [4.78, 5) is 7.15. The Labute approximate surface area is 102 Å². The van der Waals surface area contributed by atoms with E-state index >= 15 is 0 Å². The van der Waals surface area contributed by atoms with Crippen molar-refractivity contribution in [2.75, 3.05) is 6.54 Å². The van der Waals surface area contributed by atoms with E-state index in [0.29, 0.717) is 12.0 Å². The van der Waals surface area contributed by atoms with Gasteiger partial charge >= 0.3 is 0 Å². The van der Waals surface area contributed by atoms with Crippen molar-refractivity contribution in [2.24, 2.45) is 0 Å². The monoisotopic (exact) mass is 235 g/mol. The Hall–Kier alpha value is -0.900.